The fourth-order valence-electron chi connectivity index (χ4n) is 3.83. The molecule has 0 saturated heterocycles. The van der Waals surface area contributed by atoms with Gasteiger partial charge in [0, 0.05) is 27.3 Å². The number of hydrogen-bond acceptors (Lipinski definition) is 6. The molecular weight excluding hydrogens is 536 g/mol. The molecule has 2 N–H and O–H groups in total. The van der Waals surface area contributed by atoms with E-state index in [1.807, 2.05) is 43.3 Å². The molecular formula is C33H30N2O5S. The molecule has 0 aliphatic heterocycles. The van der Waals surface area contributed by atoms with Crippen LogP contribution in [0.1, 0.15) is 33.2 Å². The first-order chi connectivity index (χ1) is 20.0. The molecule has 8 heteroatoms. The normalized spacial score (nSPS) is 10.9. The number of ketones is 1. The summed E-state index contributed by atoms with van der Waals surface area (Å²) < 4.78 is 10.8. The van der Waals surface area contributed by atoms with Gasteiger partial charge in [0.1, 0.15) is 17.2 Å². The first kappa shape index (κ1) is 29.2. The Morgan fingerprint density at radius 2 is 1.49 bits per heavy atom. The van der Waals surface area contributed by atoms with Gasteiger partial charge in [-0.25, -0.2) is 0 Å². The summed E-state index contributed by atoms with van der Waals surface area (Å²) in [4.78, 5) is 39.7. The Kier molecular flexibility index (Phi) is 10.3. The summed E-state index contributed by atoms with van der Waals surface area (Å²) in [6.07, 6.45) is 1.59. The smallest absolute Gasteiger partial charge is 0.272 e. The van der Waals surface area contributed by atoms with Crippen LogP contribution in [-0.2, 0) is 4.79 Å². The fraction of sp³-hybridized carbons (Fsp3) is 0.121. The Labute approximate surface area is 243 Å². The van der Waals surface area contributed by atoms with E-state index in [0.717, 1.165) is 4.90 Å². The van der Waals surface area contributed by atoms with E-state index in [9.17, 15) is 14.4 Å². The van der Waals surface area contributed by atoms with Crippen LogP contribution in [0, 0.1) is 0 Å². The van der Waals surface area contributed by atoms with Crippen LogP contribution in [0.3, 0.4) is 0 Å². The fourth-order valence-corrected chi connectivity index (χ4v) is 4.62. The lowest BCUT2D eigenvalue weighted by Gasteiger charge is -2.13. The maximum absolute atomic E-state index is 13.4. The van der Waals surface area contributed by atoms with E-state index in [4.69, 9.17) is 9.47 Å². The van der Waals surface area contributed by atoms with Crippen LogP contribution < -0.4 is 20.1 Å². The van der Waals surface area contributed by atoms with Crippen LogP contribution in [0.2, 0.25) is 0 Å². The molecule has 4 aromatic carbocycles. The standard InChI is InChI=1S/C33H30N2O5S/c1-3-40-31-12-8-7-11-25(31)21-29(35-32(37)24-9-5-4-6-10-24)33(38)34-26-15-19-28(20-16-26)41-22-30(36)23-13-17-27(39-2)18-14-23/h4-21H,3,22H2,1-2H3,(H,34,38)(H,35,37)/b29-21-. The predicted molar refractivity (Wildman–Crippen MR) is 163 cm³/mol. The molecule has 0 aliphatic rings. The number of nitrogens with one attached hydrogen (secondary N) is 2. The first-order valence-electron chi connectivity index (χ1n) is 13.0. The van der Waals surface area contributed by atoms with Crippen molar-refractivity contribution in [1.82, 2.24) is 5.32 Å². The summed E-state index contributed by atoms with van der Waals surface area (Å²) in [5, 5.41) is 5.59. The molecule has 2 amide bonds. The Hall–Kier alpha value is -4.82. The third kappa shape index (κ3) is 8.33. The molecule has 41 heavy (non-hydrogen) atoms. The molecule has 0 radical (unpaired) electrons. The number of Topliss-reactive ketones (excluding diaryl/α,β-unsaturated/α-hetero) is 1. The quantitative estimate of drug-likeness (QED) is 0.116. The molecule has 0 unspecified atom stereocenters. The summed E-state index contributed by atoms with van der Waals surface area (Å²) in [6, 6.07) is 30.1. The number of para-hydroxylation sites is 1. The summed E-state index contributed by atoms with van der Waals surface area (Å²) in [5.74, 6) is 0.675. The summed E-state index contributed by atoms with van der Waals surface area (Å²) in [6.45, 7) is 2.33. The number of carbonyl (C=O) groups excluding carboxylic acids is 3. The zero-order valence-electron chi connectivity index (χ0n) is 22.8. The third-order valence-electron chi connectivity index (χ3n) is 5.94. The number of rotatable bonds is 12. The van der Waals surface area contributed by atoms with Crippen molar-refractivity contribution in [3.05, 3.63) is 126 Å². The third-order valence-corrected chi connectivity index (χ3v) is 6.95. The van der Waals surface area contributed by atoms with Gasteiger partial charge in [-0.2, -0.15) is 0 Å². The van der Waals surface area contributed by atoms with E-state index < -0.39 is 11.8 Å². The van der Waals surface area contributed by atoms with Crippen LogP contribution in [0.4, 0.5) is 5.69 Å². The van der Waals surface area contributed by atoms with E-state index >= 15 is 0 Å². The summed E-state index contributed by atoms with van der Waals surface area (Å²) >= 11 is 1.41. The number of thioether (sulfide) groups is 1. The molecule has 0 fully saturated rings. The average Bonchev–Trinajstić information content (AvgIpc) is 3.01. The number of hydrogen-bond donors (Lipinski definition) is 2. The Morgan fingerprint density at radius 3 is 2.17 bits per heavy atom. The van der Waals surface area contributed by atoms with Gasteiger partial charge in [-0.15, -0.1) is 11.8 Å². The molecule has 4 rings (SSSR count). The monoisotopic (exact) mass is 566 g/mol. The number of ether oxygens (including phenoxy) is 2. The number of benzene rings is 4. The Morgan fingerprint density at radius 1 is 0.805 bits per heavy atom. The van der Waals surface area contributed by atoms with E-state index in [2.05, 4.69) is 10.6 Å². The van der Waals surface area contributed by atoms with E-state index in [0.29, 0.717) is 40.5 Å². The highest BCUT2D eigenvalue weighted by Gasteiger charge is 2.16. The number of anilines is 1. The lowest BCUT2D eigenvalue weighted by molar-refractivity contribution is -0.113. The van der Waals surface area contributed by atoms with Gasteiger partial charge in [0.2, 0.25) is 0 Å². The van der Waals surface area contributed by atoms with Crippen LogP contribution in [0.15, 0.2) is 114 Å². The van der Waals surface area contributed by atoms with Gasteiger partial charge in [0.25, 0.3) is 11.8 Å². The molecule has 0 saturated carbocycles. The zero-order valence-corrected chi connectivity index (χ0v) is 23.6. The molecule has 0 atom stereocenters. The van der Waals surface area contributed by atoms with Gasteiger partial charge in [-0.1, -0.05) is 36.4 Å². The van der Waals surface area contributed by atoms with Gasteiger partial charge in [-0.3, -0.25) is 14.4 Å². The SMILES string of the molecule is CCOc1ccccc1/C=C(\NC(=O)c1ccccc1)C(=O)Nc1ccc(SCC(=O)c2ccc(OC)cc2)cc1. The summed E-state index contributed by atoms with van der Waals surface area (Å²) in [5.41, 5.74) is 2.30. The van der Waals surface area contributed by atoms with Crippen LogP contribution in [0.5, 0.6) is 11.5 Å². The van der Waals surface area contributed by atoms with Crippen molar-refractivity contribution < 1.29 is 23.9 Å². The van der Waals surface area contributed by atoms with E-state index in [-0.39, 0.29) is 17.2 Å². The summed E-state index contributed by atoms with van der Waals surface area (Å²) in [7, 11) is 1.58. The number of carbonyl (C=O) groups is 3. The molecule has 208 valence electrons. The van der Waals surface area contributed by atoms with Crippen molar-refractivity contribution in [2.45, 2.75) is 11.8 Å². The zero-order chi connectivity index (χ0) is 29.0. The topological polar surface area (TPSA) is 93.7 Å². The highest BCUT2D eigenvalue weighted by atomic mass is 32.2. The average molecular weight is 567 g/mol. The molecule has 0 aliphatic carbocycles. The largest absolute Gasteiger partial charge is 0.497 e. The van der Waals surface area contributed by atoms with Crippen molar-refractivity contribution in [3.63, 3.8) is 0 Å². The molecule has 0 aromatic heterocycles. The Bertz CT molecular complexity index is 1520. The lowest BCUT2D eigenvalue weighted by Crippen LogP contribution is -2.30. The van der Waals surface area contributed by atoms with Gasteiger partial charge in [0.05, 0.1) is 19.5 Å². The van der Waals surface area contributed by atoms with Gasteiger partial charge < -0.3 is 20.1 Å². The van der Waals surface area contributed by atoms with E-state index in [1.165, 1.54) is 11.8 Å². The Balaban J connectivity index is 1.46. The molecule has 4 aromatic rings. The van der Waals surface area contributed by atoms with Crippen LogP contribution in [-0.4, -0.2) is 37.1 Å². The van der Waals surface area contributed by atoms with Crippen molar-refractivity contribution in [2.75, 3.05) is 24.8 Å². The second kappa shape index (κ2) is 14.5. The van der Waals surface area contributed by atoms with Crippen molar-refractivity contribution in [3.8, 4) is 11.5 Å². The first-order valence-corrected chi connectivity index (χ1v) is 14.0. The van der Waals surface area contributed by atoms with Crippen LogP contribution >= 0.6 is 11.8 Å². The minimum atomic E-state index is -0.490. The van der Waals surface area contributed by atoms with Crippen LogP contribution in [0.25, 0.3) is 6.08 Å². The predicted octanol–water partition coefficient (Wildman–Crippen LogP) is 6.48. The van der Waals surface area contributed by atoms with Gasteiger partial charge >= 0.3 is 0 Å². The highest BCUT2D eigenvalue weighted by Crippen LogP contribution is 2.24. The van der Waals surface area contributed by atoms with E-state index in [1.54, 1.807) is 79.9 Å². The highest BCUT2D eigenvalue weighted by molar-refractivity contribution is 8.00. The molecule has 0 heterocycles. The maximum atomic E-state index is 13.4. The lowest BCUT2D eigenvalue weighted by atomic mass is 10.1. The molecule has 0 spiro atoms. The molecule has 0 bridgehead atoms. The maximum Gasteiger partial charge on any atom is 0.272 e. The number of methoxy groups -OCH3 is 1. The molecule has 7 nitrogen and oxygen atoms in total. The second-order valence-corrected chi connectivity index (χ2v) is 9.82. The van der Waals surface area contributed by atoms with Crippen molar-refractivity contribution in [2.24, 2.45) is 0 Å². The second-order valence-electron chi connectivity index (χ2n) is 8.77. The van der Waals surface area contributed by atoms with Crippen molar-refractivity contribution in [1.29, 1.82) is 0 Å². The van der Waals surface area contributed by atoms with Crippen molar-refractivity contribution >= 4 is 41.1 Å². The number of amides is 2. The minimum absolute atomic E-state index is 0.00584. The van der Waals surface area contributed by atoms with Gasteiger partial charge in [0.15, 0.2) is 5.78 Å². The minimum Gasteiger partial charge on any atom is -0.497 e. The van der Waals surface area contributed by atoms with Gasteiger partial charge in [-0.05, 0) is 79.7 Å².